The molecule has 1 saturated carbocycles. The second kappa shape index (κ2) is 5.42. The molecule has 0 radical (unpaired) electrons. The maximum atomic E-state index is 12.9. The van der Waals surface area contributed by atoms with E-state index in [-0.39, 0.29) is 16.5 Å². The number of carboxylic acid groups (broad SMARTS) is 1. The average Bonchev–Trinajstić information content (AvgIpc) is 2.95. The van der Waals surface area contributed by atoms with E-state index in [2.05, 4.69) is 0 Å². The smallest absolute Gasteiger partial charge is 0.337 e. The van der Waals surface area contributed by atoms with E-state index in [0.29, 0.717) is 12.5 Å². The summed E-state index contributed by atoms with van der Waals surface area (Å²) in [6, 6.07) is 5.93. The molecule has 1 aromatic rings. The molecular formula is C15H19NO4S. The molecule has 114 valence electrons. The molecule has 1 saturated heterocycles. The first-order valence-electron chi connectivity index (χ1n) is 7.36. The van der Waals surface area contributed by atoms with Gasteiger partial charge in [-0.2, -0.15) is 4.31 Å². The van der Waals surface area contributed by atoms with Crippen molar-refractivity contribution in [1.29, 1.82) is 0 Å². The van der Waals surface area contributed by atoms with Gasteiger partial charge in [0.1, 0.15) is 0 Å². The standard InChI is InChI=1S/C15H19NO4S/c17-15(18)12-7-1-2-9-14(12)21(19,20)16-10-4-6-11-5-3-8-13(11)16/h1-2,7,9,11,13H,3-6,8,10H2,(H,17,18). The quantitative estimate of drug-likeness (QED) is 0.930. The molecule has 0 bridgehead atoms. The zero-order valence-electron chi connectivity index (χ0n) is 11.7. The van der Waals surface area contributed by atoms with Gasteiger partial charge in [-0.1, -0.05) is 18.6 Å². The van der Waals surface area contributed by atoms with E-state index in [9.17, 15) is 18.3 Å². The fourth-order valence-corrected chi connectivity index (χ4v) is 5.64. The van der Waals surface area contributed by atoms with Gasteiger partial charge < -0.3 is 5.11 Å². The van der Waals surface area contributed by atoms with Crippen molar-refractivity contribution in [1.82, 2.24) is 4.31 Å². The molecule has 1 heterocycles. The number of fused-ring (bicyclic) bond motifs is 1. The number of piperidine rings is 1. The third kappa shape index (κ3) is 2.46. The normalized spacial score (nSPS) is 26.5. The first-order valence-corrected chi connectivity index (χ1v) is 8.80. The summed E-state index contributed by atoms with van der Waals surface area (Å²) in [6.07, 6.45) is 4.96. The highest BCUT2D eigenvalue weighted by Gasteiger charge is 2.42. The Morgan fingerprint density at radius 1 is 1.14 bits per heavy atom. The summed E-state index contributed by atoms with van der Waals surface area (Å²) in [5.74, 6) is -0.764. The number of hydrogen-bond acceptors (Lipinski definition) is 3. The van der Waals surface area contributed by atoms with Gasteiger partial charge in [-0.15, -0.1) is 0 Å². The minimum Gasteiger partial charge on any atom is -0.478 e. The third-order valence-corrected chi connectivity index (χ3v) is 6.63. The number of aromatic carboxylic acids is 1. The largest absolute Gasteiger partial charge is 0.478 e. The Bertz CT molecular complexity index is 655. The van der Waals surface area contributed by atoms with Gasteiger partial charge in [0.25, 0.3) is 0 Å². The van der Waals surface area contributed by atoms with Crippen molar-refractivity contribution in [2.45, 2.75) is 43.0 Å². The van der Waals surface area contributed by atoms with E-state index in [4.69, 9.17) is 0 Å². The number of rotatable bonds is 3. The summed E-state index contributed by atoms with van der Waals surface area (Å²) < 4.78 is 27.4. The summed E-state index contributed by atoms with van der Waals surface area (Å²) in [4.78, 5) is 11.2. The van der Waals surface area contributed by atoms with Gasteiger partial charge in [0.05, 0.1) is 10.5 Å². The zero-order valence-corrected chi connectivity index (χ0v) is 12.6. The molecule has 0 aromatic heterocycles. The molecule has 0 spiro atoms. The van der Waals surface area contributed by atoms with Crippen molar-refractivity contribution in [3.8, 4) is 0 Å². The summed E-state index contributed by atoms with van der Waals surface area (Å²) in [7, 11) is -3.74. The fourth-order valence-electron chi connectivity index (χ4n) is 3.70. The monoisotopic (exact) mass is 309 g/mol. The van der Waals surface area contributed by atoms with Gasteiger partial charge in [0.2, 0.25) is 10.0 Å². The zero-order chi connectivity index (χ0) is 15.0. The molecule has 21 heavy (non-hydrogen) atoms. The molecule has 3 rings (SSSR count). The minimum absolute atomic E-state index is 0.0469. The molecule has 1 aliphatic carbocycles. The van der Waals surface area contributed by atoms with E-state index in [1.807, 2.05) is 0 Å². The van der Waals surface area contributed by atoms with Crippen LogP contribution >= 0.6 is 0 Å². The van der Waals surface area contributed by atoms with Gasteiger partial charge in [-0.05, 0) is 43.7 Å². The highest BCUT2D eigenvalue weighted by molar-refractivity contribution is 7.89. The van der Waals surface area contributed by atoms with Gasteiger partial charge in [-0.3, -0.25) is 0 Å². The van der Waals surface area contributed by atoms with Gasteiger partial charge in [0, 0.05) is 12.6 Å². The molecule has 2 aliphatic rings. The first-order chi connectivity index (χ1) is 10.0. The average molecular weight is 309 g/mol. The van der Waals surface area contributed by atoms with Crippen LogP contribution in [0.15, 0.2) is 29.2 Å². The molecule has 5 nitrogen and oxygen atoms in total. The van der Waals surface area contributed by atoms with Crippen LogP contribution in [0.2, 0.25) is 0 Å². The van der Waals surface area contributed by atoms with Crippen molar-refractivity contribution < 1.29 is 18.3 Å². The highest BCUT2D eigenvalue weighted by Crippen LogP contribution is 2.39. The summed E-state index contributed by atoms with van der Waals surface area (Å²) in [5, 5.41) is 9.23. The van der Waals surface area contributed by atoms with E-state index < -0.39 is 16.0 Å². The van der Waals surface area contributed by atoms with Crippen LogP contribution in [0.1, 0.15) is 42.5 Å². The predicted molar refractivity (Wildman–Crippen MR) is 77.7 cm³/mol. The molecule has 6 heteroatoms. The van der Waals surface area contributed by atoms with Crippen molar-refractivity contribution in [3.63, 3.8) is 0 Å². The number of hydrogen-bond donors (Lipinski definition) is 1. The van der Waals surface area contributed by atoms with Crippen molar-refractivity contribution in [3.05, 3.63) is 29.8 Å². The topological polar surface area (TPSA) is 74.7 Å². The van der Waals surface area contributed by atoms with Gasteiger partial charge in [-0.25, -0.2) is 13.2 Å². The number of nitrogens with zero attached hydrogens (tertiary/aromatic N) is 1. The Labute approximate surface area is 124 Å². The molecule has 2 atom stereocenters. The van der Waals surface area contributed by atoms with Crippen LogP contribution in [0.4, 0.5) is 0 Å². The molecule has 1 aromatic carbocycles. The van der Waals surface area contributed by atoms with Crippen LogP contribution in [0, 0.1) is 5.92 Å². The Kier molecular flexibility index (Phi) is 3.75. The van der Waals surface area contributed by atoms with E-state index in [0.717, 1.165) is 32.1 Å². The van der Waals surface area contributed by atoms with Crippen molar-refractivity contribution >= 4 is 16.0 Å². The van der Waals surface area contributed by atoms with Gasteiger partial charge in [0.15, 0.2) is 0 Å². The number of carboxylic acids is 1. The summed E-state index contributed by atoms with van der Waals surface area (Å²) >= 11 is 0. The predicted octanol–water partition coefficient (Wildman–Crippen LogP) is 2.34. The first kappa shape index (κ1) is 14.5. The lowest BCUT2D eigenvalue weighted by Gasteiger charge is -2.36. The fraction of sp³-hybridized carbons (Fsp3) is 0.533. The molecule has 2 fully saturated rings. The maximum absolute atomic E-state index is 12.9. The molecule has 1 aliphatic heterocycles. The van der Waals surface area contributed by atoms with Crippen LogP contribution in [-0.2, 0) is 10.0 Å². The van der Waals surface area contributed by atoms with E-state index in [1.54, 1.807) is 16.4 Å². The molecular weight excluding hydrogens is 290 g/mol. The lowest BCUT2D eigenvalue weighted by Crippen LogP contribution is -2.46. The number of sulfonamides is 1. The molecule has 1 N–H and O–H groups in total. The van der Waals surface area contributed by atoms with Crippen molar-refractivity contribution in [2.75, 3.05) is 6.54 Å². The minimum atomic E-state index is -3.74. The highest BCUT2D eigenvalue weighted by atomic mass is 32.2. The number of benzene rings is 1. The number of carbonyl (C=O) groups is 1. The van der Waals surface area contributed by atoms with E-state index >= 15 is 0 Å². The van der Waals surface area contributed by atoms with Gasteiger partial charge >= 0.3 is 5.97 Å². The maximum Gasteiger partial charge on any atom is 0.337 e. The van der Waals surface area contributed by atoms with E-state index in [1.165, 1.54) is 12.1 Å². The van der Waals surface area contributed by atoms with Crippen LogP contribution < -0.4 is 0 Å². The summed E-state index contributed by atoms with van der Waals surface area (Å²) in [6.45, 7) is 0.497. The van der Waals surface area contributed by atoms with Crippen LogP contribution in [0.25, 0.3) is 0 Å². The lowest BCUT2D eigenvalue weighted by atomic mass is 9.94. The van der Waals surface area contributed by atoms with Crippen molar-refractivity contribution in [2.24, 2.45) is 5.92 Å². The Morgan fingerprint density at radius 2 is 1.86 bits per heavy atom. The Balaban J connectivity index is 2.02. The van der Waals surface area contributed by atoms with Crippen LogP contribution in [0.5, 0.6) is 0 Å². The Morgan fingerprint density at radius 3 is 2.62 bits per heavy atom. The molecule has 0 amide bonds. The second-order valence-electron chi connectivity index (χ2n) is 5.82. The van der Waals surface area contributed by atoms with Crippen LogP contribution in [0.3, 0.4) is 0 Å². The summed E-state index contributed by atoms with van der Waals surface area (Å²) in [5.41, 5.74) is -0.141. The Hall–Kier alpha value is -1.40. The lowest BCUT2D eigenvalue weighted by molar-refractivity contribution is 0.0692. The second-order valence-corrected chi connectivity index (χ2v) is 7.68. The van der Waals surface area contributed by atoms with Crippen LogP contribution in [-0.4, -0.2) is 36.4 Å². The molecule has 2 unspecified atom stereocenters. The third-order valence-electron chi connectivity index (χ3n) is 4.65. The SMILES string of the molecule is O=C(O)c1ccccc1S(=O)(=O)N1CCCC2CCCC21.